The van der Waals surface area contributed by atoms with Crippen molar-refractivity contribution < 1.29 is 4.39 Å². The van der Waals surface area contributed by atoms with E-state index in [2.05, 4.69) is 18.8 Å². The number of aromatic amines is 1. The molecule has 0 fully saturated rings. The second-order valence-electron chi connectivity index (χ2n) is 3.96. The maximum absolute atomic E-state index is 13.0. The highest BCUT2D eigenvalue weighted by molar-refractivity contribution is 5.23. The van der Waals surface area contributed by atoms with Gasteiger partial charge in [0.1, 0.15) is 0 Å². The van der Waals surface area contributed by atoms with Crippen molar-refractivity contribution in [3.05, 3.63) is 23.3 Å². The van der Waals surface area contributed by atoms with Crippen molar-refractivity contribution in [1.29, 1.82) is 0 Å². The second-order valence-corrected chi connectivity index (χ2v) is 3.96. The molecule has 0 spiro atoms. The Labute approximate surface area is 85.7 Å². The number of rotatable bonds is 5. The van der Waals surface area contributed by atoms with Crippen LogP contribution in [0.4, 0.5) is 4.39 Å². The van der Waals surface area contributed by atoms with Gasteiger partial charge in [0.2, 0.25) is 0 Å². The predicted octanol–water partition coefficient (Wildman–Crippen LogP) is 4.15. The quantitative estimate of drug-likeness (QED) is 0.730. The highest BCUT2D eigenvalue weighted by Crippen LogP contribution is 2.27. The van der Waals surface area contributed by atoms with Gasteiger partial charge in [0.05, 0.1) is 0 Å². The summed E-state index contributed by atoms with van der Waals surface area (Å²) in [6.45, 7) is 6.33. The van der Waals surface area contributed by atoms with Gasteiger partial charge in [0, 0.05) is 5.69 Å². The van der Waals surface area contributed by atoms with E-state index >= 15 is 0 Å². The largest absolute Gasteiger partial charge is 0.335 e. The number of hydrogen-bond donors (Lipinski definition) is 1. The standard InChI is InChI=1S/C12H20FN/c1-4-6-7-10(5-2)12-9(3)8-11(13)14-12/h8,10,14H,4-7H2,1-3H3. The number of aromatic nitrogens is 1. The number of halogens is 1. The Morgan fingerprint density at radius 1 is 1.43 bits per heavy atom. The minimum absolute atomic E-state index is 0.201. The van der Waals surface area contributed by atoms with Gasteiger partial charge in [0.25, 0.3) is 0 Å². The van der Waals surface area contributed by atoms with Crippen LogP contribution in [0.5, 0.6) is 0 Å². The number of hydrogen-bond acceptors (Lipinski definition) is 0. The molecule has 80 valence electrons. The van der Waals surface area contributed by atoms with Crippen molar-refractivity contribution >= 4 is 0 Å². The van der Waals surface area contributed by atoms with Gasteiger partial charge in [-0.25, -0.2) is 0 Å². The van der Waals surface area contributed by atoms with Crippen LogP contribution in [0.3, 0.4) is 0 Å². The first-order chi connectivity index (χ1) is 6.69. The molecule has 0 radical (unpaired) electrons. The molecule has 0 aliphatic heterocycles. The van der Waals surface area contributed by atoms with Gasteiger partial charge in [-0.15, -0.1) is 0 Å². The maximum atomic E-state index is 13.0. The van der Waals surface area contributed by atoms with Crippen molar-refractivity contribution in [3.63, 3.8) is 0 Å². The lowest BCUT2D eigenvalue weighted by atomic mass is 9.94. The van der Waals surface area contributed by atoms with E-state index in [1.807, 2.05) is 6.92 Å². The van der Waals surface area contributed by atoms with E-state index in [0.29, 0.717) is 5.92 Å². The molecule has 1 atom stereocenters. The Bertz CT molecular complexity index is 278. The molecule has 0 aliphatic carbocycles. The Morgan fingerprint density at radius 3 is 2.57 bits per heavy atom. The summed E-state index contributed by atoms with van der Waals surface area (Å²) in [5, 5.41) is 0. The van der Waals surface area contributed by atoms with Crippen molar-refractivity contribution in [3.8, 4) is 0 Å². The lowest BCUT2D eigenvalue weighted by molar-refractivity contribution is 0.538. The van der Waals surface area contributed by atoms with E-state index in [-0.39, 0.29) is 5.95 Å². The molecule has 0 aromatic carbocycles. The van der Waals surface area contributed by atoms with E-state index in [4.69, 9.17) is 0 Å². The molecule has 1 unspecified atom stereocenters. The van der Waals surface area contributed by atoms with Crippen molar-refractivity contribution in [2.75, 3.05) is 0 Å². The molecule has 0 saturated heterocycles. The summed E-state index contributed by atoms with van der Waals surface area (Å²) in [4.78, 5) is 2.84. The fourth-order valence-corrected chi connectivity index (χ4v) is 1.96. The molecule has 1 nitrogen and oxygen atoms in total. The molecule has 1 rings (SSSR count). The first kappa shape index (κ1) is 11.3. The van der Waals surface area contributed by atoms with Gasteiger partial charge in [-0.1, -0.05) is 26.7 Å². The van der Waals surface area contributed by atoms with E-state index < -0.39 is 0 Å². The molecule has 0 amide bonds. The number of H-pyrrole nitrogens is 1. The molecule has 0 saturated carbocycles. The summed E-state index contributed by atoms with van der Waals surface area (Å²) in [6.07, 6.45) is 4.67. The SMILES string of the molecule is CCCCC(CC)c1[nH]c(F)cc1C. The number of unbranched alkanes of at least 4 members (excludes halogenated alkanes) is 1. The Balaban J connectivity index is 2.72. The van der Waals surface area contributed by atoms with Crippen LogP contribution in [-0.4, -0.2) is 4.98 Å². The molecule has 14 heavy (non-hydrogen) atoms. The molecule has 0 aliphatic rings. The molecule has 0 bridgehead atoms. The van der Waals surface area contributed by atoms with Gasteiger partial charge in [-0.3, -0.25) is 0 Å². The Morgan fingerprint density at radius 2 is 2.14 bits per heavy atom. The minimum atomic E-state index is -0.201. The smallest absolute Gasteiger partial charge is 0.191 e. The fraction of sp³-hybridized carbons (Fsp3) is 0.667. The molecular formula is C12H20FN. The third-order valence-electron chi connectivity index (χ3n) is 2.83. The van der Waals surface area contributed by atoms with Gasteiger partial charge in [-0.05, 0) is 37.3 Å². The normalized spacial score (nSPS) is 13.1. The fourth-order valence-electron chi connectivity index (χ4n) is 1.96. The van der Waals surface area contributed by atoms with Crippen LogP contribution in [0.25, 0.3) is 0 Å². The van der Waals surface area contributed by atoms with E-state index in [0.717, 1.165) is 24.1 Å². The van der Waals surface area contributed by atoms with Crippen molar-refractivity contribution in [1.82, 2.24) is 4.98 Å². The van der Waals surface area contributed by atoms with Crippen LogP contribution >= 0.6 is 0 Å². The summed E-state index contributed by atoms with van der Waals surface area (Å²) in [5.41, 5.74) is 2.16. The zero-order valence-corrected chi connectivity index (χ0v) is 9.36. The molecule has 1 aromatic heterocycles. The second kappa shape index (κ2) is 5.18. The highest BCUT2D eigenvalue weighted by Gasteiger charge is 2.14. The van der Waals surface area contributed by atoms with Gasteiger partial charge in [0.15, 0.2) is 5.95 Å². The Kier molecular flexibility index (Phi) is 4.18. The van der Waals surface area contributed by atoms with E-state index in [1.165, 1.54) is 12.8 Å². The van der Waals surface area contributed by atoms with Gasteiger partial charge >= 0.3 is 0 Å². The lowest BCUT2D eigenvalue weighted by Gasteiger charge is -2.13. The monoisotopic (exact) mass is 197 g/mol. The highest BCUT2D eigenvalue weighted by atomic mass is 19.1. The van der Waals surface area contributed by atoms with Gasteiger partial charge in [-0.2, -0.15) is 4.39 Å². The van der Waals surface area contributed by atoms with Crippen LogP contribution in [0, 0.1) is 12.9 Å². The number of aryl methyl sites for hydroxylation is 1. The first-order valence-corrected chi connectivity index (χ1v) is 5.54. The summed E-state index contributed by atoms with van der Waals surface area (Å²) >= 11 is 0. The number of nitrogens with one attached hydrogen (secondary N) is 1. The summed E-state index contributed by atoms with van der Waals surface area (Å²) < 4.78 is 13.0. The predicted molar refractivity (Wildman–Crippen MR) is 58.0 cm³/mol. The average Bonchev–Trinajstić information content (AvgIpc) is 2.47. The first-order valence-electron chi connectivity index (χ1n) is 5.54. The van der Waals surface area contributed by atoms with Gasteiger partial charge < -0.3 is 4.98 Å². The average molecular weight is 197 g/mol. The molecule has 1 heterocycles. The summed E-state index contributed by atoms with van der Waals surface area (Å²) in [7, 11) is 0. The molecule has 2 heteroatoms. The lowest BCUT2D eigenvalue weighted by Crippen LogP contribution is -1.99. The Hall–Kier alpha value is -0.790. The topological polar surface area (TPSA) is 15.8 Å². The summed E-state index contributed by atoms with van der Waals surface area (Å²) in [6, 6.07) is 1.59. The summed E-state index contributed by atoms with van der Waals surface area (Å²) in [5.74, 6) is 0.298. The van der Waals surface area contributed by atoms with Crippen molar-refractivity contribution in [2.24, 2.45) is 0 Å². The molecular weight excluding hydrogens is 177 g/mol. The van der Waals surface area contributed by atoms with Crippen LogP contribution in [0.15, 0.2) is 6.07 Å². The maximum Gasteiger partial charge on any atom is 0.191 e. The van der Waals surface area contributed by atoms with Crippen LogP contribution in [0.1, 0.15) is 56.7 Å². The van der Waals surface area contributed by atoms with Crippen molar-refractivity contribution in [2.45, 2.75) is 52.4 Å². The van der Waals surface area contributed by atoms with Crippen LogP contribution in [-0.2, 0) is 0 Å². The molecule has 1 N–H and O–H groups in total. The van der Waals surface area contributed by atoms with E-state index in [9.17, 15) is 4.39 Å². The third-order valence-corrected chi connectivity index (χ3v) is 2.83. The minimum Gasteiger partial charge on any atom is -0.335 e. The third kappa shape index (κ3) is 2.60. The zero-order valence-electron chi connectivity index (χ0n) is 9.36. The van der Waals surface area contributed by atoms with E-state index in [1.54, 1.807) is 6.07 Å². The van der Waals surface area contributed by atoms with Crippen LogP contribution < -0.4 is 0 Å². The molecule has 1 aromatic rings. The zero-order chi connectivity index (χ0) is 10.6. The van der Waals surface area contributed by atoms with Crippen LogP contribution in [0.2, 0.25) is 0 Å².